The number of carboxylic acids is 1. The van der Waals surface area contributed by atoms with Crippen LogP contribution < -0.4 is 0 Å². The first kappa shape index (κ1) is 17.6. The van der Waals surface area contributed by atoms with Crippen LogP contribution in [0.25, 0.3) is 0 Å². The third kappa shape index (κ3) is 7.75. The van der Waals surface area contributed by atoms with Gasteiger partial charge in [-0.3, -0.25) is 9.59 Å². The molecular weight excluding hydrogens is 288 g/mol. The van der Waals surface area contributed by atoms with Crippen molar-refractivity contribution < 1.29 is 19.4 Å². The lowest BCUT2D eigenvalue weighted by atomic mass is 9.87. The Morgan fingerprint density at radius 3 is 2.33 bits per heavy atom. The van der Waals surface area contributed by atoms with Gasteiger partial charge in [0.2, 0.25) is 0 Å². The van der Waals surface area contributed by atoms with E-state index in [-0.39, 0.29) is 29.0 Å². The monoisotopic (exact) mass is 310 g/mol. The molecule has 0 fully saturated rings. The molecule has 0 aromatic heterocycles. The zero-order chi connectivity index (χ0) is 15.9. The SMILES string of the molecule is CC(C)(C)CC(OC(=O)CSCC(=O)O)c1ccccc1. The second-order valence-electron chi connectivity index (χ2n) is 6.04. The van der Waals surface area contributed by atoms with Crippen molar-refractivity contribution in [3.63, 3.8) is 0 Å². The smallest absolute Gasteiger partial charge is 0.316 e. The minimum atomic E-state index is -0.929. The van der Waals surface area contributed by atoms with Crippen molar-refractivity contribution in [1.82, 2.24) is 0 Å². The van der Waals surface area contributed by atoms with Crippen LogP contribution in [0.2, 0.25) is 0 Å². The first-order valence-corrected chi connectivity index (χ1v) is 7.97. The quantitative estimate of drug-likeness (QED) is 0.781. The number of hydrogen-bond acceptors (Lipinski definition) is 4. The molecule has 1 rings (SSSR count). The van der Waals surface area contributed by atoms with Gasteiger partial charge in [0, 0.05) is 0 Å². The Hall–Kier alpha value is -1.49. The summed E-state index contributed by atoms with van der Waals surface area (Å²) in [6.07, 6.45) is 0.413. The molecular formula is C16H22O4S. The maximum atomic E-state index is 11.9. The topological polar surface area (TPSA) is 63.6 Å². The zero-order valence-electron chi connectivity index (χ0n) is 12.7. The lowest BCUT2D eigenvalue weighted by Crippen LogP contribution is -2.19. The van der Waals surface area contributed by atoms with E-state index in [9.17, 15) is 9.59 Å². The summed E-state index contributed by atoms with van der Waals surface area (Å²) >= 11 is 1.05. The van der Waals surface area contributed by atoms with Crippen LogP contribution in [0.15, 0.2) is 30.3 Å². The Labute approximate surface area is 129 Å². The fourth-order valence-electron chi connectivity index (χ4n) is 1.87. The highest BCUT2D eigenvalue weighted by molar-refractivity contribution is 8.00. The van der Waals surface area contributed by atoms with Crippen molar-refractivity contribution in [3.05, 3.63) is 35.9 Å². The van der Waals surface area contributed by atoms with Gasteiger partial charge in [-0.25, -0.2) is 0 Å². The molecule has 0 aliphatic heterocycles. The predicted octanol–water partition coefficient (Wildman–Crippen LogP) is 3.52. The summed E-state index contributed by atoms with van der Waals surface area (Å²) in [4.78, 5) is 22.3. The lowest BCUT2D eigenvalue weighted by Gasteiger charge is -2.26. The van der Waals surface area contributed by atoms with E-state index >= 15 is 0 Å². The first-order chi connectivity index (χ1) is 9.78. The molecule has 0 bridgehead atoms. The van der Waals surface area contributed by atoms with Crippen molar-refractivity contribution in [2.45, 2.75) is 33.3 Å². The van der Waals surface area contributed by atoms with Crippen LogP contribution in [-0.2, 0) is 14.3 Å². The molecule has 0 saturated carbocycles. The van der Waals surface area contributed by atoms with Gasteiger partial charge in [-0.2, -0.15) is 0 Å². The summed E-state index contributed by atoms with van der Waals surface area (Å²) < 4.78 is 5.54. The van der Waals surface area contributed by atoms with Crippen molar-refractivity contribution >= 4 is 23.7 Å². The predicted molar refractivity (Wildman–Crippen MR) is 84.3 cm³/mol. The molecule has 1 aromatic rings. The first-order valence-electron chi connectivity index (χ1n) is 6.82. The van der Waals surface area contributed by atoms with Gasteiger partial charge in [0.15, 0.2) is 0 Å². The van der Waals surface area contributed by atoms with Gasteiger partial charge < -0.3 is 9.84 Å². The zero-order valence-corrected chi connectivity index (χ0v) is 13.5. The number of aliphatic carboxylic acids is 1. The maximum Gasteiger partial charge on any atom is 0.316 e. The molecule has 0 radical (unpaired) electrons. The highest BCUT2D eigenvalue weighted by Crippen LogP contribution is 2.32. The molecule has 1 aromatic carbocycles. The number of carbonyl (C=O) groups excluding carboxylic acids is 1. The summed E-state index contributed by atoms with van der Waals surface area (Å²) in [5.41, 5.74) is 0.985. The van der Waals surface area contributed by atoms with Gasteiger partial charge in [-0.1, -0.05) is 51.1 Å². The summed E-state index contributed by atoms with van der Waals surface area (Å²) in [6, 6.07) is 9.63. The molecule has 0 spiro atoms. The third-order valence-electron chi connectivity index (χ3n) is 2.69. The molecule has 1 unspecified atom stereocenters. The van der Waals surface area contributed by atoms with E-state index in [0.29, 0.717) is 6.42 Å². The standard InChI is InChI=1S/C16H22O4S/c1-16(2,3)9-13(12-7-5-4-6-8-12)20-15(19)11-21-10-14(17)18/h4-8,13H,9-11H2,1-3H3,(H,17,18). The Kier molecular flexibility index (Phi) is 6.75. The van der Waals surface area contributed by atoms with Crippen LogP contribution in [0.5, 0.6) is 0 Å². The minimum absolute atomic E-state index is 0.0228. The fourth-order valence-corrected chi connectivity index (χ4v) is 2.38. The molecule has 0 heterocycles. The van der Waals surface area contributed by atoms with Gasteiger partial charge in [0.1, 0.15) is 6.10 Å². The molecule has 0 saturated heterocycles. The Morgan fingerprint density at radius 1 is 1.19 bits per heavy atom. The maximum absolute atomic E-state index is 11.9. The summed E-state index contributed by atoms with van der Waals surface area (Å²) in [7, 11) is 0. The van der Waals surface area contributed by atoms with E-state index in [0.717, 1.165) is 17.3 Å². The fraction of sp³-hybridized carbons (Fsp3) is 0.500. The Bertz CT molecular complexity index is 465. The van der Waals surface area contributed by atoms with E-state index in [4.69, 9.17) is 9.84 Å². The molecule has 116 valence electrons. The molecule has 0 aliphatic rings. The van der Waals surface area contributed by atoms with Crippen molar-refractivity contribution in [2.75, 3.05) is 11.5 Å². The molecule has 1 N–H and O–H groups in total. The minimum Gasteiger partial charge on any atom is -0.481 e. The Morgan fingerprint density at radius 2 is 1.81 bits per heavy atom. The third-order valence-corrected chi connectivity index (χ3v) is 3.58. The van der Waals surface area contributed by atoms with Gasteiger partial charge >= 0.3 is 11.9 Å². The van der Waals surface area contributed by atoms with Crippen LogP contribution in [0.4, 0.5) is 0 Å². The number of ether oxygens (including phenoxy) is 1. The van der Waals surface area contributed by atoms with Gasteiger partial charge in [0.05, 0.1) is 11.5 Å². The molecule has 1 atom stereocenters. The molecule has 0 aliphatic carbocycles. The van der Waals surface area contributed by atoms with Crippen LogP contribution in [0.3, 0.4) is 0 Å². The van der Waals surface area contributed by atoms with Gasteiger partial charge in [-0.15, -0.1) is 11.8 Å². The van der Waals surface area contributed by atoms with Crippen molar-refractivity contribution in [2.24, 2.45) is 5.41 Å². The highest BCUT2D eigenvalue weighted by Gasteiger charge is 2.23. The van der Waals surface area contributed by atoms with Crippen LogP contribution in [-0.4, -0.2) is 28.6 Å². The summed E-state index contributed by atoms with van der Waals surface area (Å²) in [5, 5.41) is 8.57. The highest BCUT2D eigenvalue weighted by atomic mass is 32.2. The number of benzene rings is 1. The number of esters is 1. The summed E-state index contributed by atoms with van der Waals surface area (Å²) in [6.45, 7) is 6.28. The lowest BCUT2D eigenvalue weighted by molar-refractivity contribution is -0.147. The number of thioether (sulfide) groups is 1. The average Bonchev–Trinajstić information content (AvgIpc) is 2.37. The van der Waals surface area contributed by atoms with E-state index in [2.05, 4.69) is 20.8 Å². The second kappa shape index (κ2) is 8.08. The molecule has 5 heteroatoms. The van der Waals surface area contributed by atoms with Crippen molar-refractivity contribution in [1.29, 1.82) is 0 Å². The van der Waals surface area contributed by atoms with Crippen LogP contribution in [0.1, 0.15) is 38.9 Å². The van der Waals surface area contributed by atoms with Gasteiger partial charge in [-0.05, 0) is 17.4 Å². The average molecular weight is 310 g/mol. The van der Waals surface area contributed by atoms with Crippen molar-refractivity contribution in [3.8, 4) is 0 Å². The van der Waals surface area contributed by atoms with E-state index in [1.807, 2.05) is 30.3 Å². The van der Waals surface area contributed by atoms with E-state index in [1.165, 1.54) is 0 Å². The summed E-state index contributed by atoms with van der Waals surface area (Å²) in [5.74, 6) is -1.34. The second-order valence-corrected chi connectivity index (χ2v) is 7.03. The van der Waals surface area contributed by atoms with Gasteiger partial charge in [0.25, 0.3) is 0 Å². The van der Waals surface area contributed by atoms with Crippen LogP contribution >= 0.6 is 11.8 Å². The molecule has 0 amide bonds. The van der Waals surface area contributed by atoms with E-state index < -0.39 is 5.97 Å². The molecule has 4 nitrogen and oxygen atoms in total. The van der Waals surface area contributed by atoms with E-state index in [1.54, 1.807) is 0 Å². The number of carbonyl (C=O) groups is 2. The normalized spacial score (nSPS) is 12.7. The molecule has 21 heavy (non-hydrogen) atoms. The Balaban J connectivity index is 2.65. The number of rotatable bonds is 7. The largest absolute Gasteiger partial charge is 0.481 e. The van der Waals surface area contributed by atoms with Crippen LogP contribution in [0, 0.1) is 5.41 Å². The number of carboxylic acid groups (broad SMARTS) is 1. The number of hydrogen-bond donors (Lipinski definition) is 1.